The highest BCUT2D eigenvalue weighted by Crippen LogP contribution is 2.38. The van der Waals surface area contributed by atoms with Crippen LogP contribution in [0.5, 0.6) is 0 Å². The Balaban J connectivity index is 1.99. The Kier molecular flexibility index (Phi) is 6.06. The molecule has 0 aliphatic carbocycles. The molecule has 4 nitrogen and oxygen atoms in total. The number of aryl methyl sites for hydroxylation is 1. The van der Waals surface area contributed by atoms with Crippen LogP contribution in [0.4, 0.5) is 22.0 Å². The SMILES string of the molecule is Cc1nc(-c2ccccc2)sc1-c1cc(C(F)(F)F)c(C#N)c(=O)n1Cc1ccc(F)cc1F. The number of pyridine rings is 1. The van der Waals surface area contributed by atoms with Gasteiger partial charge in [0.25, 0.3) is 5.56 Å². The van der Waals surface area contributed by atoms with Crippen molar-refractivity contribution in [1.29, 1.82) is 5.26 Å². The average Bonchev–Trinajstić information content (AvgIpc) is 3.17. The van der Waals surface area contributed by atoms with E-state index in [1.54, 1.807) is 37.3 Å². The van der Waals surface area contributed by atoms with Crippen LogP contribution in [-0.4, -0.2) is 9.55 Å². The van der Waals surface area contributed by atoms with Crippen molar-refractivity contribution in [2.24, 2.45) is 0 Å². The summed E-state index contributed by atoms with van der Waals surface area (Å²) in [6, 6.07) is 13.6. The maximum atomic E-state index is 14.3. The first-order valence-electron chi connectivity index (χ1n) is 9.82. The molecule has 0 saturated carbocycles. The van der Waals surface area contributed by atoms with Gasteiger partial charge in [-0.25, -0.2) is 13.8 Å². The highest BCUT2D eigenvalue weighted by atomic mass is 32.1. The van der Waals surface area contributed by atoms with Crippen molar-refractivity contribution in [2.45, 2.75) is 19.6 Å². The normalized spacial score (nSPS) is 11.4. The van der Waals surface area contributed by atoms with Gasteiger partial charge in [-0.1, -0.05) is 36.4 Å². The molecule has 2 aromatic heterocycles. The second-order valence-electron chi connectivity index (χ2n) is 7.35. The molecule has 0 saturated heterocycles. The van der Waals surface area contributed by atoms with E-state index in [0.717, 1.165) is 33.6 Å². The molecule has 0 fully saturated rings. The maximum absolute atomic E-state index is 14.3. The fourth-order valence-corrected chi connectivity index (χ4v) is 4.58. The van der Waals surface area contributed by atoms with Crippen LogP contribution in [0.1, 0.15) is 22.4 Å². The summed E-state index contributed by atoms with van der Waals surface area (Å²) < 4.78 is 69.8. The lowest BCUT2D eigenvalue weighted by Crippen LogP contribution is -2.29. The molecule has 0 N–H and O–H groups in total. The van der Waals surface area contributed by atoms with Crippen molar-refractivity contribution in [3.05, 3.63) is 99.0 Å². The average molecular weight is 487 g/mol. The zero-order valence-corrected chi connectivity index (χ0v) is 18.3. The third-order valence-electron chi connectivity index (χ3n) is 5.11. The third kappa shape index (κ3) is 4.34. The van der Waals surface area contributed by atoms with Crippen LogP contribution in [0.15, 0.2) is 59.4 Å². The summed E-state index contributed by atoms with van der Waals surface area (Å²) in [6.45, 7) is 1.07. The van der Waals surface area contributed by atoms with E-state index >= 15 is 0 Å². The van der Waals surface area contributed by atoms with Crippen LogP contribution in [0.25, 0.3) is 21.1 Å². The lowest BCUT2D eigenvalue weighted by molar-refractivity contribution is -0.137. The second-order valence-corrected chi connectivity index (χ2v) is 8.35. The predicted octanol–water partition coefficient (Wildman–Crippen LogP) is 6.16. The molecule has 2 heterocycles. The smallest absolute Gasteiger partial charge is 0.302 e. The molecular weight excluding hydrogens is 473 g/mol. The minimum absolute atomic E-state index is 0.126. The maximum Gasteiger partial charge on any atom is 0.417 e. The Morgan fingerprint density at radius 2 is 1.79 bits per heavy atom. The van der Waals surface area contributed by atoms with Gasteiger partial charge < -0.3 is 4.57 Å². The van der Waals surface area contributed by atoms with Crippen LogP contribution in [0.2, 0.25) is 0 Å². The van der Waals surface area contributed by atoms with Crippen LogP contribution < -0.4 is 5.56 Å². The summed E-state index contributed by atoms with van der Waals surface area (Å²) in [5, 5.41) is 9.83. The Hall–Kier alpha value is -3.84. The third-order valence-corrected chi connectivity index (χ3v) is 6.34. The number of hydrogen-bond donors (Lipinski definition) is 0. The molecular formula is C24H14F5N3OS. The molecule has 34 heavy (non-hydrogen) atoms. The van der Waals surface area contributed by atoms with Gasteiger partial charge >= 0.3 is 6.18 Å². The summed E-state index contributed by atoms with van der Waals surface area (Å²) in [7, 11) is 0. The summed E-state index contributed by atoms with van der Waals surface area (Å²) >= 11 is 1.06. The van der Waals surface area contributed by atoms with Crippen molar-refractivity contribution < 1.29 is 22.0 Å². The molecule has 172 valence electrons. The first-order chi connectivity index (χ1) is 16.1. The van der Waals surface area contributed by atoms with Gasteiger partial charge in [0, 0.05) is 17.2 Å². The lowest BCUT2D eigenvalue weighted by Gasteiger charge is -2.17. The van der Waals surface area contributed by atoms with Gasteiger partial charge in [0.1, 0.15) is 28.3 Å². The number of nitrogens with zero attached hydrogens (tertiary/aromatic N) is 3. The minimum atomic E-state index is -4.97. The molecule has 2 aromatic carbocycles. The molecule has 0 aliphatic heterocycles. The molecule has 0 aliphatic rings. The summed E-state index contributed by atoms with van der Waals surface area (Å²) in [4.78, 5) is 17.8. The quantitative estimate of drug-likeness (QED) is 0.324. The summed E-state index contributed by atoms with van der Waals surface area (Å²) in [5.41, 5.74) is -2.94. The van der Waals surface area contributed by atoms with Crippen molar-refractivity contribution in [3.63, 3.8) is 0 Å². The molecule has 10 heteroatoms. The van der Waals surface area contributed by atoms with Gasteiger partial charge in [-0.05, 0) is 19.1 Å². The van der Waals surface area contributed by atoms with Crippen LogP contribution in [0.3, 0.4) is 0 Å². The zero-order valence-electron chi connectivity index (χ0n) is 17.5. The van der Waals surface area contributed by atoms with Gasteiger partial charge in [-0.3, -0.25) is 4.79 Å². The van der Waals surface area contributed by atoms with Crippen LogP contribution in [0, 0.1) is 29.9 Å². The number of nitriles is 1. The van der Waals surface area contributed by atoms with Crippen molar-refractivity contribution >= 4 is 11.3 Å². The van der Waals surface area contributed by atoms with Crippen molar-refractivity contribution in [3.8, 4) is 27.2 Å². The number of halogens is 5. The first-order valence-corrected chi connectivity index (χ1v) is 10.6. The fourth-order valence-electron chi connectivity index (χ4n) is 3.48. The van der Waals surface area contributed by atoms with E-state index < -0.39 is 41.0 Å². The molecule has 0 atom stereocenters. The van der Waals surface area contributed by atoms with E-state index in [1.165, 1.54) is 6.07 Å². The van der Waals surface area contributed by atoms with E-state index in [4.69, 9.17) is 0 Å². The highest BCUT2D eigenvalue weighted by molar-refractivity contribution is 7.18. The van der Waals surface area contributed by atoms with E-state index in [9.17, 15) is 32.0 Å². The van der Waals surface area contributed by atoms with E-state index in [0.29, 0.717) is 22.8 Å². The van der Waals surface area contributed by atoms with Gasteiger partial charge in [0.2, 0.25) is 0 Å². The van der Waals surface area contributed by atoms with Crippen LogP contribution >= 0.6 is 11.3 Å². The largest absolute Gasteiger partial charge is 0.417 e. The molecule has 4 rings (SSSR count). The fraction of sp³-hybridized carbons (Fsp3) is 0.125. The lowest BCUT2D eigenvalue weighted by atomic mass is 10.1. The monoisotopic (exact) mass is 487 g/mol. The molecule has 0 spiro atoms. The standard InChI is InChI=1S/C24H14F5N3OS/c1-13-21(34-22(31-13)14-5-3-2-4-6-14)20-10-18(24(27,28)29)17(11-30)23(33)32(20)12-15-7-8-16(25)9-19(15)26/h2-10H,12H2,1H3. The zero-order chi connectivity index (χ0) is 24.6. The van der Waals surface area contributed by atoms with E-state index in [1.807, 2.05) is 0 Å². The topological polar surface area (TPSA) is 58.7 Å². The summed E-state index contributed by atoms with van der Waals surface area (Å²) in [6.07, 6.45) is -4.97. The van der Waals surface area contributed by atoms with Gasteiger partial charge in [-0.15, -0.1) is 11.3 Å². The number of alkyl halides is 3. The Morgan fingerprint density at radius 1 is 1.09 bits per heavy atom. The highest BCUT2D eigenvalue weighted by Gasteiger charge is 2.37. The molecule has 0 bridgehead atoms. The number of thiazole rings is 1. The predicted molar refractivity (Wildman–Crippen MR) is 117 cm³/mol. The number of rotatable bonds is 4. The molecule has 0 radical (unpaired) electrons. The first kappa shape index (κ1) is 23.3. The molecule has 0 amide bonds. The number of aromatic nitrogens is 2. The Bertz CT molecular complexity index is 1480. The van der Waals surface area contributed by atoms with E-state index in [2.05, 4.69) is 4.98 Å². The minimum Gasteiger partial charge on any atom is -0.302 e. The Labute approximate surface area is 194 Å². The van der Waals surface area contributed by atoms with Gasteiger partial charge in [-0.2, -0.15) is 18.4 Å². The summed E-state index contributed by atoms with van der Waals surface area (Å²) in [5.74, 6) is -1.81. The Morgan fingerprint density at radius 3 is 2.41 bits per heavy atom. The second kappa shape index (κ2) is 8.83. The van der Waals surface area contributed by atoms with Gasteiger partial charge in [0.05, 0.1) is 28.4 Å². The van der Waals surface area contributed by atoms with E-state index in [-0.39, 0.29) is 16.1 Å². The van der Waals surface area contributed by atoms with Crippen LogP contribution in [-0.2, 0) is 12.7 Å². The van der Waals surface area contributed by atoms with Crippen molar-refractivity contribution in [2.75, 3.05) is 0 Å². The van der Waals surface area contributed by atoms with Gasteiger partial charge in [0.15, 0.2) is 0 Å². The number of hydrogen-bond acceptors (Lipinski definition) is 4. The number of benzene rings is 2. The van der Waals surface area contributed by atoms with Crippen molar-refractivity contribution in [1.82, 2.24) is 9.55 Å². The molecule has 4 aromatic rings. The molecule has 0 unspecified atom stereocenters.